The van der Waals surface area contributed by atoms with Crippen LogP contribution in [-0.4, -0.2) is 88.5 Å². The van der Waals surface area contributed by atoms with Gasteiger partial charge in [0.25, 0.3) is 17.7 Å². The molecule has 1 unspecified atom stereocenters. The van der Waals surface area contributed by atoms with Crippen molar-refractivity contribution in [3.05, 3.63) is 98.6 Å². The zero-order valence-electron chi connectivity index (χ0n) is 30.9. The number of benzene rings is 3. The average molecular weight is 762 g/mol. The molecule has 8 rings (SSSR count). The highest BCUT2D eigenvalue weighted by Crippen LogP contribution is 2.36. The summed E-state index contributed by atoms with van der Waals surface area (Å²) in [7, 11) is 2.06. The largest absolute Gasteiger partial charge is 0.372 e. The Morgan fingerprint density at radius 2 is 1.55 bits per heavy atom. The van der Waals surface area contributed by atoms with E-state index in [0.29, 0.717) is 52.4 Å². The molecule has 2 N–H and O–H groups in total. The average Bonchev–Trinajstić information content (AvgIpc) is 3.71. The zero-order chi connectivity index (χ0) is 38.4. The van der Waals surface area contributed by atoms with Crippen LogP contribution >= 0.6 is 11.6 Å². The van der Waals surface area contributed by atoms with Crippen LogP contribution < -0.4 is 15.5 Å². The van der Waals surface area contributed by atoms with Gasteiger partial charge in [-0.1, -0.05) is 23.7 Å². The summed E-state index contributed by atoms with van der Waals surface area (Å²) in [5.41, 5.74) is 6.07. The standard InChI is InChI=1S/C42H44ClN7O5/c1-47(33-9-6-27(21-44)36(43)20-33)31-10-7-30(8-11-31)45-39(52)26-4-2-25(3-5-26)22-48-16-14-32(15-17-48)49-23-28-18-34-35(19-29(28)24-49)42(55)50(41(34)54)37-12-13-38(51)46-40(37)53/h2-6,9,18-20,30-32,37H,7-8,10-17,22-24H2,1H3,(H,45,52)(H,46,51,53). The summed E-state index contributed by atoms with van der Waals surface area (Å²) >= 11 is 6.26. The van der Waals surface area contributed by atoms with Gasteiger partial charge in [0.2, 0.25) is 11.8 Å². The molecule has 3 aromatic carbocycles. The van der Waals surface area contributed by atoms with Crippen LogP contribution in [-0.2, 0) is 29.2 Å². The molecule has 1 saturated carbocycles. The van der Waals surface area contributed by atoms with Crippen molar-refractivity contribution < 1.29 is 24.0 Å². The maximum Gasteiger partial charge on any atom is 0.262 e. The number of imide groups is 2. The van der Waals surface area contributed by atoms with Gasteiger partial charge in [-0.15, -0.1) is 0 Å². The van der Waals surface area contributed by atoms with Gasteiger partial charge in [0.15, 0.2) is 0 Å². The maximum absolute atomic E-state index is 13.3. The number of nitriles is 1. The monoisotopic (exact) mass is 761 g/mol. The number of halogens is 1. The number of likely N-dealkylation sites (tertiary alicyclic amines) is 1. The molecule has 0 spiro atoms. The number of anilines is 1. The molecule has 0 aromatic heterocycles. The van der Waals surface area contributed by atoms with Crippen molar-refractivity contribution in [3.8, 4) is 6.07 Å². The molecule has 2 saturated heterocycles. The number of rotatable bonds is 8. The quantitative estimate of drug-likeness (QED) is 0.310. The summed E-state index contributed by atoms with van der Waals surface area (Å²) in [5, 5.41) is 15.1. The van der Waals surface area contributed by atoms with E-state index in [0.717, 1.165) is 79.9 Å². The molecule has 5 amide bonds. The van der Waals surface area contributed by atoms with Crippen LogP contribution in [0, 0.1) is 11.3 Å². The third-order valence-electron chi connectivity index (χ3n) is 12.3. The molecule has 3 fully saturated rings. The number of nitrogens with zero attached hydrogens (tertiary/aromatic N) is 5. The number of amides is 5. The molecule has 284 valence electrons. The fourth-order valence-electron chi connectivity index (χ4n) is 9.02. The van der Waals surface area contributed by atoms with Crippen LogP contribution in [0.5, 0.6) is 0 Å². The third-order valence-corrected chi connectivity index (χ3v) is 12.6. The Kier molecular flexibility index (Phi) is 10.2. The Morgan fingerprint density at radius 1 is 0.891 bits per heavy atom. The Labute approximate surface area is 325 Å². The van der Waals surface area contributed by atoms with Gasteiger partial charge >= 0.3 is 0 Å². The number of hydrogen-bond donors (Lipinski definition) is 2. The van der Waals surface area contributed by atoms with Crippen molar-refractivity contribution >= 4 is 46.8 Å². The second-order valence-electron chi connectivity index (χ2n) is 15.6. The predicted octanol–water partition coefficient (Wildman–Crippen LogP) is 4.77. The minimum Gasteiger partial charge on any atom is -0.372 e. The predicted molar refractivity (Wildman–Crippen MR) is 205 cm³/mol. The lowest BCUT2D eigenvalue weighted by Gasteiger charge is -2.36. The molecule has 0 radical (unpaired) electrons. The lowest BCUT2D eigenvalue weighted by atomic mass is 9.90. The van der Waals surface area contributed by atoms with E-state index < -0.39 is 23.8 Å². The Balaban J connectivity index is 0.784. The van der Waals surface area contributed by atoms with Gasteiger partial charge in [-0.25, -0.2) is 0 Å². The summed E-state index contributed by atoms with van der Waals surface area (Å²) in [6.45, 7) is 4.14. The molecule has 12 nitrogen and oxygen atoms in total. The van der Waals surface area contributed by atoms with E-state index in [1.165, 1.54) is 5.56 Å². The lowest BCUT2D eigenvalue weighted by molar-refractivity contribution is -0.136. The normalized spacial score (nSPS) is 23.3. The highest BCUT2D eigenvalue weighted by molar-refractivity contribution is 6.32. The summed E-state index contributed by atoms with van der Waals surface area (Å²) < 4.78 is 0. The first-order chi connectivity index (χ1) is 26.6. The first-order valence-corrected chi connectivity index (χ1v) is 19.6. The van der Waals surface area contributed by atoms with E-state index in [-0.39, 0.29) is 30.7 Å². The van der Waals surface area contributed by atoms with Crippen molar-refractivity contribution in [3.63, 3.8) is 0 Å². The smallest absolute Gasteiger partial charge is 0.262 e. The number of hydrogen-bond acceptors (Lipinski definition) is 9. The zero-order valence-corrected chi connectivity index (χ0v) is 31.6. The summed E-state index contributed by atoms with van der Waals surface area (Å²) in [5.74, 6) is -1.96. The van der Waals surface area contributed by atoms with E-state index >= 15 is 0 Å². The van der Waals surface area contributed by atoms with Crippen LogP contribution in [0.15, 0.2) is 54.6 Å². The van der Waals surface area contributed by atoms with Gasteiger partial charge < -0.3 is 10.2 Å². The Hall–Kier alpha value is -5.09. The number of carbonyl (C=O) groups is 5. The van der Waals surface area contributed by atoms with E-state index in [4.69, 9.17) is 11.6 Å². The maximum atomic E-state index is 13.3. The Bertz CT molecular complexity index is 2050. The molecule has 0 bridgehead atoms. The molecule has 4 heterocycles. The summed E-state index contributed by atoms with van der Waals surface area (Å²) in [6, 6.07) is 19.2. The van der Waals surface area contributed by atoms with Crippen molar-refractivity contribution in [2.24, 2.45) is 0 Å². The summed E-state index contributed by atoms with van der Waals surface area (Å²) in [4.78, 5) is 72.0. The molecular formula is C42H44ClN7O5. The number of piperidine rings is 2. The topological polar surface area (TPSA) is 146 Å². The molecule has 4 aliphatic heterocycles. The highest BCUT2D eigenvalue weighted by atomic mass is 35.5. The summed E-state index contributed by atoms with van der Waals surface area (Å²) in [6.07, 6.45) is 5.97. The fourth-order valence-corrected chi connectivity index (χ4v) is 9.23. The second kappa shape index (κ2) is 15.2. The fraction of sp³-hybridized carbons (Fsp3) is 0.429. The lowest BCUT2D eigenvalue weighted by Crippen LogP contribution is -2.54. The molecule has 1 aliphatic carbocycles. The van der Waals surface area contributed by atoms with Gasteiger partial charge in [-0.2, -0.15) is 5.26 Å². The van der Waals surface area contributed by atoms with E-state index in [1.54, 1.807) is 6.07 Å². The van der Waals surface area contributed by atoms with E-state index in [1.807, 2.05) is 36.4 Å². The Morgan fingerprint density at radius 3 is 2.15 bits per heavy atom. The van der Waals surface area contributed by atoms with Crippen LogP contribution in [0.1, 0.15) is 105 Å². The van der Waals surface area contributed by atoms with Crippen LogP contribution in [0.2, 0.25) is 5.02 Å². The molecule has 5 aliphatic rings. The first-order valence-electron chi connectivity index (χ1n) is 19.2. The van der Waals surface area contributed by atoms with Crippen LogP contribution in [0.3, 0.4) is 0 Å². The van der Waals surface area contributed by atoms with Crippen molar-refractivity contribution in [1.29, 1.82) is 5.26 Å². The van der Waals surface area contributed by atoms with Crippen molar-refractivity contribution in [2.75, 3.05) is 25.0 Å². The first kappa shape index (κ1) is 36.9. The third kappa shape index (κ3) is 7.36. The highest BCUT2D eigenvalue weighted by Gasteiger charge is 2.45. The molecule has 55 heavy (non-hydrogen) atoms. The van der Waals surface area contributed by atoms with E-state index in [9.17, 15) is 29.2 Å². The molecule has 3 aromatic rings. The van der Waals surface area contributed by atoms with Crippen molar-refractivity contribution in [1.82, 2.24) is 25.3 Å². The molecular weight excluding hydrogens is 718 g/mol. The number of fused-ring (bicyclic) bond motifs is 2. The minimum absolute atomic E-state index is 0.0414. The minimum atomic E-state index is -0.960. The van der Waals surface area contributed by atoms with Crippen molar-refractivity contribution in [2.45, 2.75) is 95.2 Å². The number of nitrogens with one attached hydrogen (secondary N) is 2. The van der Waals surface area contributed by atoms with E-state index in [2.05, 4.69) is 50.6 Å². The van der Waals surface area contributed by atoms with Gasteiger partial charge in [-0.05, 0) is 117 Å². The van der Waals surface area contributed by atoms with Gasteiger partial charge in [0.05, 0.1) is 21.7 Å². The SMILES string of the molecule is CN(c1ccc(C#N)c(Cl)c1)C1CCC(NC(=O)c2ccc(CN3CCC(N4Cc5cc6c(cc5C4)C(=O)N(C4CCC(=O)NC4=O)C6=O)CC3)cc2)CC1. The number of carbonyl (C=O) groups excluding carboxylic acids is 5. The van der Waals surface area contributed by atoms with Gasteiger partial charge in [0.1, 0.15) is 12.1 Å². The van der Waals surface area contributed by atoms with Gasteiger partial charge in [0, 0.05) is 62.5 Å². The van der Waals surface area contributed by atoms with Crippen LogP contribution in [0.4, 0.5) is 5.69 Å². The van der Waals surface area contributed by atoms with Gasteiger partial charge in [-0.3, -0.25) is 44.0 Å². The second-order valence-corrected chi connectivity index (χ2v) is 16.0. The van der Waals surface area contributed by atoms with Crippen LogP contribution in [0.25, 0.3) is 0 Å². The molecule has 13 heteroatoms. The molecule has 1 atom stereocenters.